The lowest BCUT2D eigenvalue weighted by atomic mass is 10.1. The van der Waals surface area contributed by atoms with Crippen molar-refractivity contribution < 1.29 is 4.79 Å². The van der Waals surface area contributed by atoms with Crippen LogP contribution in [-0.4, -0.2) is 41.9 Å². The van der Waals surface area contributed by atoms with Gasteiger partial charge in [0.15, 0.2) is 0 Å². The molecule has 0 aliphatic carbocycles. The first-order valence-corrected chi connectivity index (χ1v) is 8.99. The van der Waals surface area contributed by atoms with E-state index in [0.717, 1.165) is 48.9 Å². The molecule has 0 spiro atoms. The van der Waals surface area contributed by atoms with E-state index >= 15 is 0 Å². The summed E-state index contributed by atoms with van der Waals surface area (Å²) in [6.45, 7) is 6.13. The molecule has 1 amide bonds. The third-order valence-corrected chi connectivity index (χ3v) is 4.75. The third kappa shape index (κ3) is 4.94. The Kier molecular flexibility index (Phi) is 5.90. The molecular weight excluding hydrogens is 332 g/mol. The molecule has 0 saturated carbocycles. The second kappa shape index (κ2) is 8.32. The van der Waals surface area contributed by atoms with Gasteiger partial charge in [-0.05, 0) is 36.3 Å². The number of carbonyl (C=O) groups excluding carboxylic acids is 1. The van der Waals surface area contributed by atoms with Crippen LogP contribution in [0.25, 0.3) is 6.08 Å². The van der Waals surface area contributed by atoms with Crippen LogP contribution in [0.3, 0.4) is 0 Å². The molecule has 130 valence electrons. The van der Waals surface area contributed by atoms with Crippen LogP contribution in [0, 0.1) is 0 Å². The highest BCUT2D eigenvalue weighted by molar-refractivity contribution is 6.30. The fourth-order valence-electron chi connectivity index (χ4n) is 3.07. The molecule has 25 heavy (non-hydrogen) atoms. The number of carbonyl (C=O) groups is 1. The van der Waals surface area contributed by atoms with Crippen molar-refractivity contribution in [3.8, 4) is 0 Å². The average molecular weight is 355 g/mol. The van der Waals surface area contributed by atoms with Gasteiger partial charge in [0, 0.05) is 43.3 Å². The Morgan fingerprint density at radius 3 is 2.28 bits per heavy atom. The minimum Gasteiger partial charge on any atom is -0.336 e. The Morgan fingerprint density at radius 1 is 1.00 bits per heavy atom. The van der Waals surface area contributed by atoms with E-state index in [1.165, 1.54) is 5.56 Å². The minimum absolute atomic E-state index is 0.134. The predicted molar refractivity (Wildman–Crippen MR) is 103 cm³/mol. The maximum absolute atomic E-state index is 12.6. The molecule has 0 aromatic heterocycles. The van der Waals surface area contributed by atoms with E-state index in [1.54, 1.807) is 0 Å². The van der Waals surface area contributed by atoms with Crippen LogP contribution in [-0.2, 0) is 11.3 Å². The summed E-state index contributed by atoms with van der Waals surface area (Å²) < 4.78 is 0. The molecule has 0 unspecified atom stereocenters. The molecule has 1 aliphatic heterocycles. The van der Waals surface area contributed by atoms with Gasteiger partial charge < -0.3 is 4.90 Å². The van der Waals surface area contributed by atoms with Gasteiger partial charge in [0.05, 0.1) is 0 Å². The maximum atomic E-state index is 12.6. The number of amides is 1. The molecule has 1 saturated heterocycles. The Labute approximate surface area is 154 Å². The molecule has 0 N–H and O–H groups in total. The molecule has 4 heteroatoms. The Hall–Kier alpha value is -2.10. The third-order valence-electron chi connectivity index (χ3n) is 4.50. The Morgan fingerprint density at radius 2 is 1.64 bits per heavy atom. The van der Waals surface area contributed by atoms with Gasteiger partial charge in [-0.2, -0.15) is 0 Å². The van der Waals surface area contributed by atoms with Gasteiger partial charge >= 0.3 is 0 Å². The fraction of sp³-hybridized carbons (Fsp3) is 0.286. The summed E-state index contributed by atoms with van der Waals surface area (Å²) in [5, 5.41) is 0.764. The summed E-state index contributed by atoms with van der Waals surface area (Å²) in [5.74, 6) is 0.134. The standard InChI is InChI=1S/C21H23ClN2O/c1-17(15-18-5-3-2-4-6-18)21(25)24-13-11-23(12-14-24)16-19-7-9-20(22)10-8-19/h2-10,15H,11-14,16H2,1H3. The molecule has 0 atom stereocenters. The second-order valence-electron chi connectivity index (χ2n) is 6.43. The van der Waals surface area contributed by atoms with E-state index in [1.807, 2.05) is 60.4 Å². The van der Waals surface area contributed by atoms with Crippen molar-refractivity contribution in [2.45, 2.75) is 13.5 Å². The van der Waals surface area contributed by atoms with Gasteiger partial charge in [-0.15, -0.1) is 0 Å². The lowest BCUT2D eigenvalue weighted by Gasteiger charge is -2.35. The fourth-order valence-corrected chi connectivity index (χ4v) is 3.19. The molecule has 3 rings (SSSR count). The largest absolute Gasteiger partial charge is 0.336 e. The topological polar surface area (TPSA) is 23.6 Å². The molecular formula is C21H23ClN2O. The second-order valence-corrected chi connectivity index (χ2v) is 6.87. The first-order chi connectivity index (χ1) is 12.1. The molecule has 1 aliphatic rings. The van der Waals surface area contributed by atoms with Crippen LogP contribution in [0.4, 0.5) is 0 Å². The zero-order valence-electron chi connectivity index (χ0n) is 14.5. The van der Waals surface area contributed by atoms with Crippen LogP contribution < -0.4 is 0 Å². The van der Waals surface area contributed by atoms with E-state index < -0.39 is 0 Å². The number of nitrogens with zero attached hydrogens (tertiary/aromatic N) is 2. The zero-order valence-corrected chi connectivity index (χ0v) is 15.2. The summed E-state index contributed by atoms with van der Waals surface area (Å²) in [5.41, 5.74) is 3.11. The first kappa shape index (κ1) is 17.7. The molecule has 0 bridgehead atoms. The van der Waals surface area contributed by atoms with E-state index in [0.29, 0.717) is 0 Å². The smallest absolute Gasteiger partial charge is 0.249 e. The summed E-state index contributed by atoms with van der Waals surface area (Å²) in [4.78, 5) is 17.0. The highest BCUT2D eigenvalue weighted by Gasteiger charge is 2.21. The summed E-state index contributed by atoms with van der Waals surface area (Å²) in [6, 6.07) is 18.0. The van der Waals surface area contributed by atoms with Crippen molar-refractivity contribution in [3.05, 3.63) is 76.3 Å². The van der Waals surface area contributed by atoms with E-state index in [4.69, 9.17) is 11.6 Å². The molecule has 2 aromatic rings. The maximum Gasteiger partial charge on any atom is 0.249 e. The van der Waals surface area contributed by atoms with Crippen molar-refractivity contribution >= 4 is 23.6 Å². The van der Waals surface area contributed by atoms with Crippen LogP contribution in [0.15, 0.2) is 60.2 Å². The van der Waals surface area contributed by atoms with Crippen LogP contribution in [0.2, 0.25) is 5.02 Å². The van der Waals surface area contributed by atoms with Crippen LogP contribution >= 0.6 is 11.6 Å². The van der Waals surface area contributed by atoms with Gasteiger partial charge in [-0.25, -0.2) is 0 Å². The number of hydrogen-bond acceptors (Lipinski definition) is 2. The van der Waals surface area contributed by atoms with E-state index in [9.17, 15) is 4.79 Å². The van der Waals surface area contributed by atoms with Gasteiger partial charge in [0.25, 0.3) is 0 Å². The van der Waals surface area contributed by atoms with Crippen molar-refractivity contribution in [2.24, 2.45) is 0 Å². The van der Waals surface area contributed by atoms with Gasteiger partial charge in [0.1, 0.15) is 0 Å². The number of benzene rings is 2. The van der Waals surface area contributed by atoms with Gasteiger partial charge in [0.2, 0.25) is 5.91 Å². The Bertz CT molecular complexity index is 732. The quantitative estimate of drug-likeness (QED) is 0.772. The number of halogens is 1. The van der Waals surface area contributed by atoms with Crippen LogP contribution in [0.5, 0.6) is 0 Å². The molecule has 1 heterocycles. The first-order valence-electron chi connectivity index (χ1n) is 8.61. The van der Waals surface area contributed by atoms with Gasteiger partial charge in [-0.3, -0.25) is 9.69 Å². The van der Waals surface area contributed by atoms with Gasteiger partial charge in [-0.1, -0.05) is 54.1 Å². The predicted octanol–water partition coefficient (Wildman–Crippen LogP) is 4.09. The number of piperazine rings is 1. The molecule has 3 nitrogen and oxygen atoms in total. The highest BCUT2D eigenvalue weighted by Crippen LogP contribution is 2.15. The molecule has 1 fully saturated rings. The summed E-state index contributed by atoms with van der Waals surface area (Å²) in [6.07, 6.45) is 1.96. The molecule has 0 radical (unpaired) electrons. The van der Waals surface area contributed by atoms with Crippen molar-refractivity contribution in [1.29, 1.82) is 0 Å². The summed E-state index contributed by atoms with van der Waals surface area (Å²) in [7, 11) is 0. The highest BCUT2D eigenvalue weighted by atomic mass is 35.5. The minimum atomic E-state index is 0.134. The SMILES string of the molecule is CC(=Cc1ccccc1)C(=O)N1CCN(Cc2ccc(Cl)cc2)CC1. The van der Waals surface area contributed by atoms with E-state index in [2.05, 4.69) is 17.0 Å². The lowest BCUT2D eigenvalue weighted by molar-refractivity contribution is -0.128. The number of rotatable bonds is 4. The average Bonchev–Trinajstić information content (AvgIpc) is 2.64. The zero-order chi connectivity index (χ0) is 17.6. The van der Waals surface area contributed by atoms with Crippen molar-refractivity contribution in [2.75, 3.05) is 26.2 Å². The van der Waals surface area contributed by atoms with Crippen molar-refractivity contribution in [3.63, 3.8) is 0 Å². The van der Waals surface area contributed by atoms with Crippen LogP contribution in [0.1, 0.15) is 18.1 Å². The molecule has 2 aromatic carbocycles. The summed E-state index contributed by atoms with van der Waals surface area (Å²) >= 11 is 5.93. The number of hydrogen-bond donors (Lipinski definition) is 0. The lowest BCUT2D eigenvalue weighted by Crippen LogP contribution is -2.48. The Balaban J connectivity index is 1.53. The van der Waals surface area contributed by atoms with E-state index in [-0.39, 0.29) is 5.91 Å². The normalized spacial score (nSPS) is 16.1. The van der Waals surface area contributed by atoms with Crippen molar-refractivity contribution in [1.82, 2.24) is 9.80 Å². The monoisotopic (exact) mass is 354 g/mol.